The molecule has 1 aromatic rings. The number of anilines is 1. The van der Waals surface area contributed by atoms with Gasteiger partial charge in [0, 0.05) is 36.6 Å². The highest BCUT2D eigenvalue weighted by molar-refractivity contribution is 8.04. The van der Waals surface area contributed by atoms with E-state index in [9.17, 15) is 9.59 Å². The Balaban J connectivity index is 1.43. The lowest BCUT2D eigenvalue weighted by atomic mass is 10.2. The highest BCUT2D eigenvalue weighted by Crippen LogP contribution is 2.26. The minimum atomic E-state index is -0.178. The molecule has 0 bridgehead atoms. The summed E-state index contributed by atoms with van der Waals surface area (Å²) < 4.78 is 10.7. The summed E-state index contributed by atoms with van der Waals surface area (Å²) in [6, 6.07) is 6.92. The van der Waals surface area contributed by atoms with Crippen LogP contribution in [0, 0.1) is 0 Å². The fourth-order valence-corrected chi connectivity index (χ4v) is 3.87. The Hall–Kier alpha value is -2.03. The molecule has 1 aromatic carbocycles. The van der Waals surface area contributed by atoms with Crippen molar-refractivity contribution < 1.29 is 19.1 Å². The molecule has 0 aliphatic carbocycles. The van der Waals surface area contributed by atoms with Crippen LogP contribution in [0.25, 0.3) is 0 Å². The number of benzene rings is 1. The lowest BCUT2D eigenvalue weighted by Crippen LogP contribution is -2.38. The second kappa shape index (κ2) is 10.5. The number of carbonyl (C=O) groups is 2. The molecule has 2 N–H and O–H groups in total. The van der Waals surface area contributed by atoms with Crippen molar-refractivity contribution in [2.45, 2.75) is 13.3 Å². The summed E-state index contributed by atoms with van der Waals surface area (Å²) in [5.41, 5.74) is 1.23. The molecule has 1 saturated heterocycles. The Morgan fingerprint density at radius 3 is 2.57 bits per heavy atom. The topological polar surface area (TPSA) is 79.9 Å². The summed E-state index contributed by atoms with van der Waals surface area (Å²) in [4.78, 5) is 27.6. The molecule has 0 radical (unpaired) electrons. The molecule has 2 heterocycles. The maximum atomic E-state index is 12.3. The highest BCUT2D eigenvalue weighted by Gasteiger charge is 2.19. The second-order valence-electron chi connectivity index (χ2n) is 6.68. The van der Waals surface area contributed by atoms with Crippen molar-refractivity contribution in [3.05, 3.63) is 40.5 Å². The van der Waals surface area contributed by atoms with Crippen molar-refractivity contribution in [1.82, 2.24) is 10.2 Å². The van der Waals surface area contributed by atoms with Gasteiger partial charge in [-0.05, 0) is 44.2 Å². The number of ether oxygens (including phenoxy) is 2. The number of carbonyl (C=O) groups excluding carboxylic acids is 2. The van der Waals surface area contributed by atoms with E-state index in [1.807, 2.05) is 0 Å². The zero-order valence-corrected chi connectivity index (χ0v) is 17.0. The maximum Gasteiger partial charge on any atom is 0.265 e. The molecule has 7 nitrogen and oxygen atoms in total. The number of thioether (sulfide) groups is 1. The minimum Gasteiger partial charge on any atom is -0.496 e. The lowest BCUT2D eigenvalue weighted by molar-refractivity contribution is -0.112. The van der Waals surface area contributed by atoms with Crippen LogP contribution in [0.5, 0.6) is 0 Å². The average molecular weight is 406 g/mol. The van der Waals surface area contributed by atoms with Gasteiger partial charge in [0.15, 0.2) is 0 Å². The maximum absolute atomic E-state index is 12.3. The number of rotatable bonds is 7. The quantitative estimate of drug-likeness (QED) is 0.676. The normalized spacial score (nSPS) is 17.8. The van der Waals surface area contributed by atoms with E-state index in [4.69, 9.17) is 9.47 Å². The number of amides is 2. The van der Waals surface area contributed by atoms with Crippen LogP contribution in [0.3, 0.4) is 0 Å². The van der Waals surface area contributed by atoms with Crippen LogP contribution >= 0.6 is 11.8 Å². The van der Waals surface area contributed by atoms with Gasteiger partial charge in [-0.2, -0.15) is 0 Å². The monoisotopic (exact) mass is 405 g/mol. The molecule has 2 aliphatic rings. The first kappa shape index (κ1) is 20.7. The number of morpholine rings is 1. The molecular formula is C20H27N3O4S. The molecule has 0 atom stereocenters. The van der Waals surface area contributed by atoms with Gasteiger partial charge in [0.25, 0.3) is 11.8 Å². The molecule has 0 saturated carbocycles. The van der Waals surface area contributed by atoms with Crippen molar-refractivity contribution in [2.24, 2.45) is 0 Å². The standard InChI is InChI=1S/C20H27N3O4S/c1-15-18(28-14-13-27-15)20(25)22-17-5-3-16(4-6-17)19(24)21-7-2-8-23-9-11-26-12-10-23/h3-6H,2,7-14H2,1H3,(H,21,24)(H,22,25). The van der Waals surface area contributed by atoms with E-state index < -0.39 is 0 Å². The van der Waals surface area contributed by atoms with E-state index >= 15 is 0 Å². The van der Waals surface area contributed by atoms with Gasteiger partial charge in [0.1, 0.15) is 10.7 Å². The first-order valence-electron chi connectivity index (χ1n) is 9.59. The lowest BCUT2D eigenvalue weighted by Gasteiger charge is -2.26. The second-order valence-corrected chi connectivity index (χ2v) is 7.78. The summed E-state index contributed by atoms with van der Waals surface area (Å²) in [5.74, 6) is 1.14. The summed E-state index contributed by atoms with van der Waals surface area (Å²) in [7, 11) is 0. The molecule has 152 valence electrons. The molecular weight excluding hydrogens is 378 g/mol. The van der Waals surface area contributed by atoms with Crippen LogP contribution in [-0.4, -0.2) is 68.5 Å². The Labute approximate surface area is 169 Å². The van der Waals surface area contributed by atoms with Crippen LogP contribution in [0.4, 0.5) is 5.69 Å². The molecule has 28 heavy (non-hydrogen) atoms. The summed E-state index contributed by atoms with van der Waals surface area (Å²) in [6.07, 6.45) is 0.911. The third kappa shape index (κ3) is 5.98. The summed E-state index contributed by atoms with van der Waals surface area (Å²) in [6.45, 7) is 7.53. The van der Waals surface area contributed by atoms with Crippen molar-refractivity contribution in [1.29, 1.82) is 0 Å². The highest BCUT2D eigenvalue weighted by atomic mass is 32.2. The summed E-state index contributed by atoms with van der Waals surface area (Å²) in [5, 5.41) is 5.80. The molecule has 2 amide bonds. The smallest absolute Gasteiger partial charge is 0.265 e. The van der Waals surface area contributed by atoms with Crippen molar-refractivity contribution in [2.75, 3.05) is 57.1 Å². The van der Waals surface area contributed by atoms with Crippen LogP contribution in [-0.2, 0) is 14.3 Å². The Morgan fingerprint density at radius 2 is 1.86 bits per heavy atom. The van der Waals surface area contributed by atoms with Gasteiger partial charge in [-0.25, -0.2) is 0 Å². The number of hydrogen-bond acceptors (Lipinski definition) is 6. The predicted molar refractivity (Wildman–Crippen MR) is 110 cm³/mol. The Bertz CT molecular complexity index is 715. The van der Waals surface area contributed by atoms with Gasteiger partial charge < -0.3 is 20.1 Å². The summed E-state index contributed by atoms with van der Waals surface area (Å²) >= 11 is 1.50. The number of nitrogens with zero attached hydrogens (tertiary/aromatic N) is 1. The Kier molecular flexibility index (Phi) is 7.76. The average Bonchev–Trinajstić information content (AvgIpc) is 2.72. The fourth-order valence-electron chi connectivity index (χ4n) is 3.06. The molecule has 0 aromatic heterocycles. The van der Waals surface area contributed by atoms with Gasteiger partial charge in [0.05, 0.1) is 19.8 Å². The molecule has 2 aliphatic heterocycles. The molecule has 1 fully saturated rings. The molecule has 0 unspecified atom stereocenters. The third-order valence-electron chi connectivity index (χ3n) is 4.62. The van der Waals surface area contributed by atoms with Gasteiger partial charge in [-0.15, -0.1) is 11.8 Å². The van der Waals surface area contributed by atoms with Crippen LogP contribution < -0.4 is 10.6 Å². The zero-order chi connectivity index (χ0) is 19.8. The Morgan fingerprint density at radius 1 is 1.11 bits per heavy atom. The van der Waals surface area contributed by atoms with Crippen molar-refractivity contribution in [3.63, 3.8) is 0 Å². The van der Waals surface area contributed by atoms with Crippen LogP contribution in [0.2, 0.25) is 0 Å². The number of hydrogen-bond donors (Lipinski definition) is 2. The first-order valence-corrected chi connectivity index (χ1v) is 10.6. The first-order chi connectivity index (χ1) is 13.6. The van der Waals surface area contributed by atoms with E-state index in [0.29, 0.717) is 35.1 Å². The largest absolute Gasteiger partial charge is 0.496 e. The van der Waals surface area contributed by atoms with E-state index in [0.717, 1.165) is 45.0 Å². The number of nitrogens with one attached hydrogen (secondary N) is 2. The minimum absolute atomic E-state index is 0.102. The molecule has 8 heteroatoms. The van der Waals surface area contributed by atoms with Crippen LogP contribution in [0.1, 0.15) is 23.7 Å². The van der Waals surface area contributed by atoms with E-state index in [-0.39, 0.29) is 11.8 Å². The van der Waals surface area contributed by atoms with E-state index in [1.165, 1.54) is 11.8 Å². The third-order valence-corrected chi connectivity index (χ3v) is 5.75. The predicted octanol–water partition coefficient (Wildman–Crippen LogP) is 2.07. The van der Waals surface area contributed by atoms with Gasteiger partial charge in [0.2, 0.25) is 0 Å². The van der Waals surface area contributed by atoms with Crippen LogP contribution in [0.15, 0.2) is 34.9 Å². The van der Waals surface area contributed by atoms with Crippen molar-refractivity contribution in [3.8, 4) is 0 Å². The zero-order valence-electron chi connectivity index (χ0n) is 16.2. The molecule has 0 spiro atoms. The van der Waals surface area contributed by atoms with E-state index in [2.05, 4.69) is 15.5 Å². The van der Waals surface area contributed by atoms with Crippen molar-refractivity contribution >= 4 is 29.3 Å². The van der Waals surface area contributed by atoms with Gasteiger partial charge >= 0.3 is 0 Å². The fraction of sp³-hybridized carbons (Fsp3) is 0.500. The van der Waals surface area contributed by atoms with E-state index in [1.54, 1.807) is 31.2 Å². The van der Waals surface area contributed by atoms with Gasteiger partial charge in [-0.3, -0.25) is 14.5 Å². The number of allylic oxidation sites excluding steroid dienone is 1. The van der Waals surface area contributed by atoms with Gasteiger partial charge in [-0.1, -0.05) is 0 Å². The molecule has 3 rings (SSSR count). The SMILES string of the molecule is CC1=C(C(=O)Nc2ccc(C(=O)NCCCN3CCOCC3)cc2)SCCO1.